The van der Waals surface area contributed by atoms with Gasteiger partial charge in [-0.1, -0.05) is 6.07 Å². The van der Waals surface area contributed by atoms with Gasteiger partial charge in [-0.25, -0.2) is 23.1 Å². The van der Waals surface area contributed by atoms with E-state index in [0.29, 0.717) is 23.4 Å². The zero-order valence-corrected chi connectivity index (χ0v) is 14.2. The Morgan fingerprint density at radius 2 is 2.00 bits per heavy atom. The number of rotatable bonds is 3. The topological polar surface area (TPSA) is 109 Å². The Bertz CT molecular complexity index is 1340. The lowest BCUT2D eigenvalue weighted by Crippen LogP contribution is -2.23. The second-order valence-corrected chi connectivity index (χ2v) is 6.64. The van der Waals surface area contributed by atoms with Crippen LogP contribution in [0.15, 0.2) is 46.4 Å². The first kappa shape index (κ1) is 16.5. The molecule has 2 N–H and O–H groups in total. The van der Waals surface area contributed by atoms with Crippen molar-refractivity contribution in [3.05, 3.63) is 80.5 Å². The Morgan fingerprint density at radius 3 is 2.79 bits per heavy atom. The molecule has 8 nitrogen and oxygen atoms in total. The summed E-state index contributed by atoms with van der Waals surface area (Å²) in [6, 6.07) is 5.23. The Morgan fingerprint density at radius 1 is 1.14 bits per heavy atom. The number of aromatic amines is 2. The third-order valence-electron chi connectivity index (χ3n) is 4.91. The lowest BCUT2D eigenvalue weighted by molar-refractivity contribution is 0.571. The summed E-state index contributed by atoms with van der Waals surface area (Å²) >= 11 is 0. The van der Waals surface area contributed by atoms with Gasteiger partial charge in [0, 0.05) is 18.2 Å². The molecule has 0 spiro atoms. The number of nitrogens with one attached hydrogen (secondary N) is 2. The molecule has 1 fully saturated rings. The Kier molecular flexibility index (Phi) is 3.48. The molecule has 3 aromatic heterocycles. The maximum Gasteiger partial charge on any atom is 0.325 e. The minimum absolute atomic E-state index is 0.0900. The normalized spacial score (nSPS) is 18.5. The number of hydrogen-bond donors (Lipinski definition) is 2. The fourth-order valence-corrected chi connectivity index (χ4v) is 3.50. The second-order valence-electron chi connectivity index (χ2n) is 6.64. The number of benzene rings is 1. The van der Waals surface area contributed by atoms with E-state index in [0.717, 1.165) is 6.07 Å². The van der Waals surface area contributed by atoms with Gasteiger partial charge in [0.05, 0.1) is 17.0 Å². The molecule has 3 heterocycles. The van der Waals surface area contributed by atoms with Gasteiger partial charge in [0.15, 0.2) is 0 Å². The molecular formula is C18H12F2N6O2. The largest absolute Gasteiger partial charge is 0.325 e. The Hall–Kier alpha value is -3.69. The van der Waals surface area contributed by atoms with E-state index in [1.165, 1.54) is 29.2 Å². The van der Waals surface area contributed by atoms with Crippen LogP contribution in [0.3, 0.4) is 0 Å². The number of halogens is 2. The highest BCUT2D eigenvalue weighted by Crippen LogP contribution is 2.55. The quantitative estimate of drug-likeness (QED) is 0.561. The molecular weight excluding hydrogens is 370 g/mol. The molecule has 2 atom stereocenters. The van der Waals surface area contributed by atoms with Crippen LogP contribution in [0.2, 0.25) is 0 Å². The molecule has 1 aliphatic carbocycles. The standard InChI is InChI=1S/C18H12F2N6O2/c19-8-1-2-9(13(20)3-8)10-4-11(10)15-5-14(24-17-22-7-23-26(15)17)12-6-21-18(28)25-16(12)27/h1-3,5-7,10-11H,4H2,(H2,21,25,27,28)/t10-,11+/m0/s1. The van der Waals surface area contributed by atoms with Gasteiger partial charge in [0.1, 0.15) is 18.0 Å². The first-order valence-corrected chi connectivity index (χ1v) is 8.49. The second kappa shape index (κ2) is 5.91. The monoisotopic (exact) mass is 382 g/mol. The van der Waals surface area contributed by atoms with Gasteiger partial charge in [0.25, 0.3) is 11.3 Å². The molecule has 1 aliphatic rings. The van der Waals surface area contributed by atoms with Crippen LogP contribution in [0.4, 0.5) is 8.78 Å². The van der Waals surface area contributed by atoms with E-state index in [4.69, 9.17) is 0 Å². The highest BCUT2D eigenvalue weighted by Gasteiger charge is 2.43. The number of fused-ring (bicyclic) bond motifs is 1. The number of nitrogens with zero attached hydrogens (tertiary/aromatic N) is 4. The van der Waals surface area contributed by atoms with Crippen LogP contribution < -0.4 is 11.2 Å². The van der Waals surface area contributed by atoms with E-state index in [1.54, 1.807) is 6.07 Å². The molecule has 5 rings (SSSR count). The zero-order chi connectivity index (χ0) is 19.4. The van der Waals surface area contributed by atoms with Crippen LogP contribution in [0.25, 0.3) is 17.0 Å². The molecule has 0 unspecified atom stereocenters. The van der Waals surface area contributed by atoms with Gasteiger partial charge >= 0.3 is 5.69 Å². The smallest absolute Gasteiger partial charge is 0.313 e. The van der Waals surface area contributed by atoms with Crippen molar-refractivity contribution in [3.8, 4) is 11.3 Å². The summed E-state index contributed by atoms with van der Waals surface area (Å²) in [7, 11) is 0. The van der Waals surface area contributed by atoms with Crippen molar-refractivity contribution < 1.29 is 8.78 Å². The molecule has 0 amide bonds. The van der Waals surface area contributed by atoms with Crippen molar-refractivity contribution in [2.45, 2.75) is 18.3 Å². The first-order valence-electron chi connectivity index (χ1n) is 8.49. The molecule has 0 radical (unpaired) electrons. The average Bonchev–Trinajstić information content (AvgIpc) is 3.28. The van der Waals surface area contributed by atoms with E-state index >= 15 is 0 Å². The summed E-state index contributed by atoms with van der Waals surface area (Å²) in [6.45, 7) is 0. The van der Waals surface area contributed by atoms with Crippen molar-refractivity contribution in [1.82, 2.24) is 29.5 Å². The maximum atomic E-state index is 14.2. The average molecular weight is 382 g/mol. The first-order chi connectivity index (χ1) is 13.5. The number of H-pyrrole nitrogens is 2. The van der Waals surface area contributed by atoms with Gasteiger partial charge in [-0.15, -0.1) is 0 Å². The third-order valence-corrected chi connectivity index (χ3v) is 4.91. The Balaban J connectivity index is 1.61. The van der Waals surface area contributed by atoms with Crippen molar-refractivity contribution in [2.75, 3.05) is 0 Å². The fourth-order valence-electron chi connectivity index (χ4n) is 3.50. The maximum absolute atomic E-state index is 14.2. The highest BCUT2D eigenvalue weighted by atomic mass is 19.1. The summed E-state index contributed by atoms with van der Waals surface area (Å²) in [6.07, 6.45) is 3.26. The molecule has 0 aliphatic heterocycles. The Labute approximate surface area is 154 Å². The predicted molar refractivity (Wildman–Crippen MR) is 93.9 cm³/mol. The zero-order valence-electron chi connectivity index (χ0n) is 14.2. The molecule has 4 aromatic rings. The van der Waals surface area contributed by atoms with E-state index < -0.39 is 22.9 Å². The molecule has 0 bridgehead atoms. The molecule has 1 aromatic carbocycles. The van der Waals surface area contributed by atoms with Crippen LogP contribution in [0.5, 0.6) is 0 Å². The molecule has 1 saturated carbocycles. The summed E-state index contributed by atoms with van der Waals surface area (Å²) < 4.78 is 28.9. The van der Waals surface area contributed by atoms with Crippen LogP contribution in [-0.4, -0.2) is 29.5 Å². The SMILES string of the molecule is O=c1[nH]cc(-c2cc([C@@H]3C[C@H]3c3ccc(F)cc3F)n3ncnc3n2)c(=O)[nH]1. The van der Waals surface area contributed by atoms with Gasteiger partial charge < -0.3 is 4.98 Å². The summed E-state index contributed by atoms with van der Waals surface area (Å²) in [5.41, 5.74) is 0.432. The summed E-state index contributed by atoms with van der Waals surface area (Å²) in [5, 5.41) is 4.16. The van der Waals surface area contributed by atoms with Gasteiger partial charge in [0.2, 0.25) is 0 Å². The van der Waals surface area contributed by atoms with Crippen molar-refractivity contribution >= 4 is 5.78 Å². The lowest BCUT2D eigenvalue weighted by atomic mass is 10.1. The molecule has 140 valence electrons. The van der Waals surface area contributed by atoms with Crippen LogP contribution >= 0.6 is 0 Å². The lowest BCUT2D eigenvalue weighted by Gasteiger charge is -2.07. The van der Waals surface area contributed by atoms with E-state index in [1.807, 2.05) is 0 Å². The fraction of sp³-hybridized carbons (Fsp3) is 0.167. The van der Waals surface area contributed by atoms with Crippen molar-refractivity contribution in [1.29, 1.82) is 0 Å². The van der Waals surface area contributed by atoms with E-state index in [2.05, 4.69) is 25.0 Å². The molecule has 10 heteroatoms. The minimum atomic E-state index is -0.624. The summed E-state index contributed by atoms with van der Waals surface area (Å²) in [4.78, 5) is 36.4. The third kappa shape index (κ3) is 2.61. The van der Waals surface area contributed by atoms with E-state index in [-0.39, 0.29) is 23.2 Å². The van der Waals surface area contributed by atoms with Crippen molar-refractivity contribution in [2.24, 2.45) is 0 Å². The predicted octanol–water partition coefficient (Wildman–Crippen LogP) is 1.72. The van der Waals surface area contributed by atoms with Crippen LogP contribution in [-0.2, 0) is 0 Å². The van der Waals surface area contributed by atoms with E-state index in [9.17, 15) is 18.4 Å². The van der Waals surface area contributed by atoms with Crippen molar-refractivity contribution in [3.63, 3.8) is 0 Å². The molecule has 28 heavy (non-hydrogen) atoms. The summed E-state index contributed by atoms with van der Waals surface area (Å²) in [5.74, 6) is -1.16. The van der Waals surface area contributed by atoms with Gasteiger partial charge in [-0.2, -0.15) is 10.1 Å². The van der Waals surface area contributed by atoms with Gasteiger partial charge in [-0.05, 0) is 30.0 Å². The van der Waals surface area contributed by atoms with Crippen LogP contribution in [0.1, 0.15) is 29.5 Å². The molecule has 0 saturated heterocycles. The number of aromatic nitrogens is 6. The van der Waals surface area contributed by atoms with Crippen LogP contribution in [0, 0.1) is 11.6 Å². The highest BCUT2D eigenvalue weighted by molar-refractivity contribution is 5.60. The number of hydrogen-bond acceptors (Lipinski definition) is 5. The van der Waals surface area contributed by atoms with Gasteiger partial charge in [-0.3, -0.25) is 9.78 Å². The minimum Gasteiger partial charge on any atom is -0.313 e.